The van der Waals surface area contributed by atoms with Gasteiger partial charge in [-0.05, 0) is 38.1 Å². The zero-order valence-corrected chi connectivity index (χ0v) is 13.3. The lowest BCUT2D eigenvalue weighted by Crippen LogP contribution is -2.40. The predicted octanol–water partition coefficient (Wildman–Crippen LogP) is 0.854. The van der Waals surface area contributed by atoms with Crippen molar-refractivity contribution in [3.63, 3.8) is 0 Å². The number of sulfone groups is 1. The van der Waals surface area contributed by atoms with Crippen molar-refractivity contribution in [3.05, 3.63) is 29.8 Å². The summed E-state index contributed by atoms with van der Waals surface area (Å²) in [7, 11) is -1.04. The molecule has 0 aliphatic carbocycles. The molecule has 1 heterocycles. The van der Waals surface area contributed by atoms with Crippen LogP contribution in [0, 0.1) is 6.92 Å². The van der Waals surface area contributed by atoms with Gasteiger partial charge in [0.05, 0.1) is 11.5 Å². The zero-order chi connectivity index (χ0) is 15.5. The fraction of sp³-hybridized carbons (Fsp3) is 0.600. The average molecular weight is 313 g/mol. The first-order chi connectivity index (χ1) is 9.85. The van der Waals surface area contributed by atoms with E-state index in [-0.39, 0.29) is 24.2 Å². The summed E-state index contributed by atoms with van der Waals surface area (Å²) in [4.78, 5) is 1.91. The fourth-order valence-electron chi connectivity index (χ4n) is 2.55. The van der Waals surface area contributed by atoms with Crippen molar-refractivity contribution in [1.29, 1.82) is 0 Å². The van der Waals surface area contributed by atoms with E-state index in [1.165, 1.54) is 0 Å². The molecule has 1 aromatic rings. The molecule has 1 N–H and O–H groups in total. The van der Waals surface area contributed by atoms with Gasteiger partial charge in [0.25, 0.3) is 0 Å². The van der Waals surface area contributed by atoms with Crippen LogP contribution in [0.1, 0.15) is 12.0 Å². The molecule has 1 fully saturated rings. The molecule has 0 spiro atoms. The Morgan fingerprint density at radius 1 is 1.48 bits per heavy atom. The molecule has 2 atom stereocenters. The van der Waals surface area contributed by atoms with Gasteiger partial charge in [-0.25, -0.2) is 8.42 Å². The Bertz CT molecular complexity index is 573. The minimum Gasteiger partial charge on any atom is -0.491 e. The van der Waals surface area contributed by atoms with Crippen molar-refractivity contribution >= 4 is 9.84 Å². The molecule has 1 aliphatic heterocycles. The molecule has 2 rings (SSSR count). The van der Waals surface area contributed by atoms with E-state index in [2.05, 4.69) is 0 Å². The normalized spacial score (nSPS) is 22.4. The van der Waals surface area contributed by atoms with Crippen molar-refractivity contribution in [2.24, 2.45) is 0 Å². The Kier molecular flexibility index (Phi) is 5.24. The van der Waals surface area contributed by atoms with Crippen molar-refractivity contribution in [1.82, 2.24) is 4.90 Å². The molecule has 1 saturated heterocycles. The molecule has 1 aliphatic rings. The van der Waals surface area contributed by atoms with Crippen LogP contribution in [-0.4, -0.2) is 62.3 Å². The van der Waals surface area contributed by atoms with E-state index in [0.717, 1.165) is 11.3 Å². The number of likely N-dealkylation sites (N-methyl/N-ethyl adjacent to an activating group) is 1. The Labute approximate surface area is 126 Å². The number of aliphatic hydroxyl groups is 1. The highest BCUT2D eigenvalue weighted by molar-refractivity contribution is 7.91. The van der Waals surface area contributed by atoms with Gasteiger partial charge in [-0.2, -0.15) is 0 Å². The number of ether oxygens (including phenoxy) is 1. The molecule has 0 amide bonds. The van der Waals surface area contributed by atoms with Crippen LogP contribution in [0.3, 0.4) is 0 Å². The van der Waals surface area contributed by atoms with Crippen LogP contribution in [0.4, 0.5) is 0 Å². The van der Waals surface area contributed by atoms with Crippen LogP contribution in [0.25, 0.3) is 0 Å². The molecule has 6 heteroatoms. The molecular weight excluding hydrogens is 290 g/mol. The topological polar surface area (TPSA) is 66.8 Å². The molecule has 0 bridgehead atoms. The van der Waals surface area contributed by atoms with Gasteiger partial charge in [-0.3, -0.25) is 4.90 Å². The molecule has 0 unspecified atom stereocenters. The molecule has 0 radical (unpaired) electrons. The number of hydrogen-bond acceptors (Lipinski definition) is 5. The molecule has 0 aromatic heterocycles. The number of aryl methyl sites for hydroxylation is 1. The van der Waals surface area contributed by atoms with Crippen molar-refractivity contribution in [2.45, 2.75) is 25.5 Å². The van der Waals surface area contributed by atoms with E-state index in [4.69, 9.17) is 4.74 Å². The van der Waals surface area contributed by atoms with Gasteiger partial charge in [0.2, 0.25) is 0 Å². The first-order valence-electron chi connectivity index (χ1n) is 7.14. The third-order valence-corrected chi connectivity index (χ3v) is 5.51. The summed E-state index contributed by atoms with van der Waals surface area (Å²) in [6, 6.07) is 7.67. The van der Waals surface area contributed by atoms with E-state index in [1.807, 2.05) is 43.1 Å². The Balaban J connectivity index is 1.78. The molecule has 1 aromatic carbocycles. The summed E-state index contributed by atoms with van der Waals surface area (Å²) in [5, 5.41) is 10.0. The van der Waals surface area contributed by atoms with E-state index < -0.39 is 15.9 Å². The number of nitrogens with zero attached hydrogens (tertiary/aromatic N) is 1. The van der Waals surface area contributed by atoms with E-state index in [0.29, 0.717) is 13.0 Å². The van der Waals surface area contributed by atoms with Crippen LogP contribution >= 0.6 is 0 Å². The summed E-state index contributed by atoms with van der Waals surface area (Å²) >= 11 is 0. The summed E-state index contributed by atoms with van der Waals surface area (Å²) in [5.41, 5.74) is 1.11. The van der Waals surface area contributed by atoms with Crippen LogP contribution in [-0.2, 0) is 9.84 Å². The smallest absolute Gasteiger partial charge is 0.151 e. The second-order valence-electron chi connectivity index (χ2n) is 5.78. The van der Waals surface area contributed by atoms with E-state index >= 15 is 0 Å². The highest BCUT2D eigenvalue weighted by atomic mass is 32.2. The lowest BCUT2D eigenvalue weighted by atomic mass is 10.2. The van der Waals surface area contributed by atoms with E-state index in [9.17, 15) is 13.5 Å². The van der Waals surface area contributed by atoms with E-state index in [1.54, 1.807) is 0 Å². The van der Waals surface area contributed by atoms with Gasteiger partial charge in [-0.15, -0.1) is 0 Å². The minimum absolute atomic E-state index is 0.00335. The predicted molar refractivity (Wildman–Crippen MR) is 82.4 cm³/mol. The highest BCUT2D eigenvalue weighted by Crippen LogP contribution is 2.17. The molecule has 0 saturated carbocycles. The van der Waals surface area contributed by atoms with Crippen LogP contribution < -0.4 is 4.74 Å². The summed E-state index contributed by atoms with van der Waals surface area (Å²) in [6.07, 6.45) is 0.00316. The largest absolute Gasteiger partial charge is 0.491 e. The Hall–Kier alpha value is -1.11. The van der Waals surface area contributed by atoms with Gasteiger partial charge in [0.1, 0.15) is 18.5 Å². The number of rotatable bonds is 6. The average Bonchev–Trinajstić information content (AvgIpc) is 2.77. The SMILES string of the molecule is Cc1cccc(OC[C@@H](O)CN(C)[C@H]2CCS(=O)(=O)C2)c1. The number of benzene rings is 1. The lowest BCUT2D eigenvalue weighted by molar-refractivity contribution is 0.0664. The Morgan fingerprint density at radius 2 is 2.24 bits per heavy atom. The summed E-state index contributed by atoms with van der Waals surface area (Å²) < 4.78 is 28.5. The third-order valence-electron chi connectivity index (χ3n) is 3.76. The maximum Gasteiger partial charge on any atom is 0.151 e. The number of hydrogen-bond donors (Lipinski definition) is 1. The van der Waals surface area contributed by atoms with Gasteiger partial charge in [-0.1, -0.05) is 12.1 Å². The lowest BCUT2D eigenvalue weighted by Gasteiger charge is -2.25. The standard InChI is InChI=1S/C15H23NO4S/c1-12-4-3-5-15(8-12)20-10-14(17)9-16(2)13-6-7-21(18,19)11-13/h3-5,8,13-14,17H,6-7,9-11H2,1-2H3/t13-,14-/m0/s1. The van der Waals surface area contributed by atoms with Crippen LogP contribution in [0.15, 0.2) is 24.3 Å². The van der Waals surface area contributed by atoms with Crippen molar-refractivity contribution in [2.75, 3.05) is 31.7 Å². The highest BCUT2D eigenvalue weighted by Gasteiger charge is 2.31. The van der Waals surface area contributed by atoms with Gasteiger partial charge in [0, 0.05) is 12.6 Å². The maximum atomic E-state index is 11.5. The minimum atomic E-state index is -2.89. The second kappa shape index (κ2) is 6.77. The first kappa shape index (κ1) is 16.3. The molecule has 118 valence electrons. The van der Waals surface area contributed by atoms with Gasteiger partial charge < -0.3 is 9.84 Å². The second-order valence-corrected chi connectivity index (χ2v) is 8.01. The summed E-state index contributed by atoms with van der Waals surface area (Å²) in [5.74, 6) is 1.17. The molecular formula is C15H23NO4S. The quantitative estimate of drug-likeness (QED) is 0.843. The third kappa shape index (κ3) is 4.98. The monoisotopic (exact) mass is 313 g/mol. The van der Waals surface area contributed by atoms with Crippen LogP contribution in [0.5, 0.6) is 5.75 Å². The van der Waals surface area contributed by atoms with Crippen molar-refractivity contribution < 1.29 is 18.3 Å². The van der Waals surface area contributed by atoms with Gasteiger partial charge in [0.15, 0.2) is 9.84 Å². The Morgan fingerprint density at radius 3 is 2.86 bits per heavy atom. The zero-order valence-electron chi connectivity index (χ0n) is 12.5. The molecule has 21 heavy (non-hydrogen) atoms. The van der Waals surface area contributed by atoms with Crippen molar-refractivity contribution in [3.8, 4) is 5.75 Å². The van der Waals surface area contributed by atoms with Crippen LogP contribution in [0.2, 0.25) is 0 Å². The number of aliphatic hydroxyl groups excluding tert-OH is 1. The molecule has 5 nitrogen and oxygen atoms in total. The summed E-state index contributed by atoms with van der Waals surface area (Å²) in [6.45, 7) is 2.59. The van der Waals surface area contributed by atoms with Gasteiger partial charge >= 0.3 is 0 Å². The maximum absolute atomic E-state index is 11.5. The first-order valence-corrected chi connectivity index (χ1v) is 8.96. The fourth-order valence-corrected chi connectivity index (χ4v) is 4.36.